The number of hydrogen-bond acceptors (Lipinski definition) is 12. The summed E-state index contributed by atoms with van der Waals surface area (Å²) in [6, 6.07) is 38.1. The summed E-state index contributed by atoms with van der Waals surface area (Å²) >= 11 is 29.8. The van der Waals surface area contributed by atoms with Gasteiger partial charge >= 0.3 is 7.12 Å². The molecule has 4 heterocycles. The Balaban J connectivity index is 0.000000176. The van der Waals surface area contributed by atoms with Crippen LogP contribution in [0.5, 0.6) is 0 Å². The first-order chi connectivity index (χ1) is 37.6. The highest BCUT2D eigenvalue weighted by Crippen LogP contribution is 2.39. The summed E-state index contributed by atoms with van der Waals surface area (Å²) in [6.07, 6.45) is 9.39. The molecule has 6 aromatic carbocycles. The maximum atomic E-state index is 12.4. The van der Waals surface area contributed by atoms with E-state index in [1.807, 2.05) is 122 Å². The van der Waals surface area contributed by atoms with Gasteiger partial charge in [0.1, 0.15) is 34.2 Å². The quantitative estimate of drug-likeness (QED) is 0.123. The monoisotopic (exact) mass is 1260 g/mol. The van der Waals surface area contributed by atoms with Crippen LogP contribution in [0, 0.1) is 0 Å². The third kappa shape index (κ3) is 14.4. The minimum Gasteiger partial charge on any atom is -0.485 e. The number of hydrogen-bond donors (Lipinski definition) is 2. The normalized spacial score (nSPS) is 14.8. The number of sulfone groups is 2. The molecule has 80 heavy (non-hydrogen) atoms. The summed E-state index contributed by atoms with van der Waals surface area (Å²) in [5, 5.41) is 19.6. The third-order valence-electron chi connectivity index (χ3n) is 12.3. The van der Waals surface area contributed by atoms with Gasteiger partial charge in [-0.1, -0.05) is 117 Å². The van der Waals surface area contributed by atoms with E-state index in [1.165, 1.54) is 42.7 Å². The van der Waals surface area contributed by atoms with Crippen LogP contribution >= 0.6 is 62.3 Å². The highest BCUT2D eigenvalue weighted by Gasteiger charge is 2.33. The van der Waals surface area contributed by atoms with Crippen molar-refractivity contribution in [3.05, 3.63) is 194 Å². The molecule has 22 heteroatoms. The Hall–Kier alpha value is -6.32. The maximum Gasteiger partial charge on any atom is 0.488 e. The Bertz CT molecular complexity index is 4030. The largest absolute Gasteiger partial charge is 0.488 e. The lowest BCUT2D eigenvalue weighted by atomic mass is 9.80. The van der Waals surface area contributed by atoms with E-state index in [1.54, 1.807) is 36.5 Å². The first-order valence-electron chi connectivity index (χ1n) is 24.3. The van der Waals surface area contributed by atoms with Crippen LogP contribution in [0.15, 0.2) is 172 Å². The second-order valence-corrected chi connectivity index (χ2v) is 26.5. The number of carbonyl (C=O) groups excluding carboxylic acids is 2. The molecule has 0 bridgehead atoms. The molecule has 0 unspecified atom stereocenters. The van der Waals surface area contributed by atoms with E-state index in [0.29, 0.717) is 72.3 Å². The molecule has 0 spiro atoms. The molecule has 0 amide bonds. The van der Waals surface area contributed by atoms with Crippen LogP contribution in [-0.2, 0) is 38.7 Å². The highest BCUT2D eigenvalue weighted by molar-refractivity contribution is 9.10. The van der Waals surface area contributed by atoms with Crippen molar-refractivity contribution in [2.75, 3.05) is 12.5 Å². The molecule has 2 aliphatic rings. The van der Waals surface area contributed by atoms with Crippen LogP contribution in [0.2, 0.25) is 20.1 Å². The number of halogens is 5. The van der Waals surface area contributed by atoms with Crippen LogP contribution in [-0.4, -0.2) is 88.4 Å². The van der Waals surface area contributed by atoms with E-state index in [0.717, 1.165) is 33.1 Å². The van der Waals surface area contributed by atoms with E-state index in [-0.39, 0.29) is 33.2 Å². The molecule has 0 aliphatic carbocycles. The second-order valence-electron chi connectivity index (χ2n) is 19.9. The molecule has 0 radical (unpaired) electrons. The predicted molar refractivity (Wildman–Crippen MR) is 319 cm³/mol. The van der Waals surface area contributed by atoms with E-state index in [9.17, 15) is 26.4 Å². The SMILES string of the molecule is CC1(C)CC(=O)C=C(c2cn(-c3ccc(-c4cccc(S(C)(=O)=O)c4)cc3Cl)c(-c3ccccc3Cl)n2)O1.CC1(C)CC(=O)C=C(c2cn(-c3ccc(Br)cc3Cl)c(-c3ccccc3Cl)n2)O1.CS(=O)(=O)c1cccc(B(O)O)c1. The molecule has 2 N–H and O–H groups in total. The van der Waals surface area contributed by atoms with Crippen molar-refractivity contribution in [3.8, 4) is 45.3 Å². The number of ether oxygens (including phenoxy) is 2. The molecular formula is C58H50BBrCl4N4O10S2. The molecule has 412 valence electrons. The summed E-state index contributed by atoms with van der Waals surface area (Å²) in [5.41, 5.74) is 4.22. The van der Waals surface area contributed by atoms with Crippen LogP contribution < -0.4 is 5.46 Å². The summed E-state index contributed by atoms with van der Waals surface area (Å²) in [6.45, 7) is 7.49. The van der Waals surface area contributed by atoms with Crippen molar-refractivity contribution in [3.63, 3.8) is 0 Å². The average molecular weight is 1260 g/mol. The molecule has 14 nitrogen and oxygen atoms in total. The van der Waals surface area contributed by atoms with Crippen LogP contribution in [0.3, 0.4) is 0 Å². The van der Waals surface area contributed by atoms with Crippen molar-refractivity contribution >= 4 is 118 Å². The van der Waals surface area contributed by atoms with Gasteiger partial charge in [-0.15, -0.1) is 0 Å². The van der Waals surface area contributed by atoms with Gasteiger partial charge < -0.3 is 19.5 Å². The van der Waals surface area contributed by atoms with Gasteiger partial charge in [0.2, 0.25) is 0 Å². The van der Waals surface area contributed by atoms with Crippen molar-refractivity contribution in [1.29, 1.82) is 0 Å². The van der Waals surface area contributed by atoms with Gasteiger partial charge in [-0.2, -0.15) is 0 Å². The first-order valence-corrected chi connectivity index (χ1v) is 30.4. The number of aromatic nitrogens is 4. The minimum absolute atomic E-state index is 0.00627. The Kier molecular flexibility index (Phi) is 18.0. The van der Waals surface area contributed by atoms with E-state index in [4.69, 9.17) is 75.9 Å². The second kappa shape index (κ2) is 24.0. The fourth-order valence-electron chi connectivity index (χ4n) is 8.61. The van der Waals surface area contributed by atoms with Crippen LogP contribution in [0.25, 0.3) is 56.8 Å². The number of ketones is 2. The molecular weight excluding hydrogens is 1210 g/mol. The van der Waals surface area contributed by atoms with Crippen molar-refractivity contribution in [2.45, 2.75) is 61.5 Å². The van der Waals surface area contributed by atoms with Crippen molar-refractivity contribution in [2.24, 2.45) is 0 Å². The lowest BCUT2D eigenvalue weighted by Gasteiger charge is -2.29. The molecule has 2 aromatic heterocycles. The van der Waals surface area contributed by atoms with Gasteiger partial charge in [-0.3, -0.25) is 18.7 Å². The average Bonchev–Trinajstić information content (AvgIpc) is 4.07. The third-order valence-corrected chi connectivity index (χ3v) is 16.2. The molecule has 0 fully saturated rings. The first kappa shape index (κ1) is 59.8. The standard InChI is InChI=1S/C29H24Cl2N2O4S.C22H17BrCl2N2O2.C7H9BO4S/c1-29(2)16-20(34)15-27(37-29)25-17-33(28(32-25)22-9-4-5-10-23(22)30)26-12-11-19(14-24(26)31)18-7-6-8-21(13-18)38(3,35)36;1-22(2)11-14(28)10-20(29-22)18-12-27(19-8-7-13(23)9-17(19)25)21(26-18)15-5-3-4-6-16(15)24;1-13(11,12)7-4-2-3-6(5-7)8(9)10/h4-15,17H,16H2,1-3H3;3-10,12H,11H2,1-2H3;2-5,9-10H,1H3. The lowest BCUT2D eigenvalue weighted by molar-refractivity contribution is -0.120. The predicted octanol–water partition coefficient (Wildman–Crippen LogP) is 12.5. The lowest BCUT2D eigenvalue weighted by Crippen LogP contribution is -2.30. The van der Waals surface area contributed by atoms with E-state index in [2.05, 4.69) is 15.9 Å². The topological polar surface area (TPSA) is 197 Å². The number of imidazole rings is 2. The molecule has 0 saturated heterocycles. The van der Waals surface area contributed by atoms with Crippen molar-refractivity contribution < 1.29 is 45.9 Å². The van der Waals surface area contributed by atoms with E-state index >= 15 is 0 Å². The van der Waals surface area contributed by atoms with Gasteiger partial charge in [0.05, 0.1) is 41.3 Å². The van der Waals surface area contributed by atoms with E-state index < -0.39 is 38.0 Å². The zero-order valence-electron chi connectivity index (χ0n) is 43.7. The molecule has 0 saturated carbocycles. The van der Waals surface area contributed by atoms with Crippen LogP contribution in [0.4, 0.5) is 0 Å². The highest BCUT2D eigenvalue weighted by atomic mass is 79.9. The maximum absolute atomic E-state index is 12.4. The molecule has 8 aromatic rings. The Labute approximate surface area is 492 Å². The van der Waals surface area contributed by atoms with Gasteiger partial charge in [-0.25, -0.2) is 26.8 Å². The van der Waals surface area contributed by atoms with Gasteiger partial charge in [0, 0.05) is 65.5 Å². The molecule has 2 aliphatic heterocycles. The smallest absolute Gasteiger partial charge is 0.485 e. The zero-order chi connectivity index (χ0) is 58.1. The molecule has 10 rings (SSSR count). The number of allylic oxidation sites excluding steroid dienone is 2. The number of carbonyl (C=O) groups is 2. The number of rotatable bonds is 10. The van der Waals surface area contributed by atoms with Gasteiger partial charge in [0.25, 0.3) is 0 Å². The number of nitrogens with zero attached hydrogens (tertiary/aromatic N) is 4. The fraction of sp³-hybridized carbons (Fsp3) is 0.172. The summed E-state index contributed by atoms with van der Waals surface area (Å²) in [4.78, 5) is 34.5. The molecule has 0 atom stereocenters. The van der Waals surface area contributed by atoms with Gasteiger partial charge in [0.15, 0.2) is 42.8 Å². The summed E-state index contributed by atoms with van der Waals surface area (Å²) in [7, 11) is -8.27. The van der Waals surface area contributed by atoms with Crippen molar-refractivity contribution in [1.82, 2.24) is 19.1 Å². The summed E-state index contributed by atoms with van der Waals surface area (Å²) in [5.74, 6) is 1.92. The zero-order valence-corrected chi connectivity index (χ0v) is 49.9. The Morgan fingerprint density at radius 3 is 1.43 bits per heavy atom. The Morgan fingerprint density at radius 1 is 0.550 bits per heavy atom. The Morgan fingerprint density at radius 2 is 0.988 bits per heavy atom. The van der Waals surface area contributed by atoms with Crippen LogP contribution in [0.1, 0.15) is 51.9 Å². The number of benzene rings is 6. The summed E-state index contributed by atoms with van der Waals surface area (Å²) < 4.78 is 62.8. The minimum atomic E-state index is -3.35. The fourth-order valence-corrected chi connectivity index (χ4v) is 11.4. The van der Waals surface area contributed by atoms with Gasteiger partial charge in [-0.05, 0) is 123 Å².